The summed E-state index contributed by atoms with van der Waals surface area (Å²) in [5.41, 5.74) is 0.840. The molecule has 17 heavy (non-hydrogen) atoms. The molecule has 0 unspecified atom stereocenters. The number of carbonyl (C=O) groups excluding carboxylic acids is 2. The van der Waals surface area contributed by atoms with Crippen molar-refractivity contribution in [1.82, 2.24) is 15.1 Å². The van der Waals surface area contributed by atoms with E-state index >= 15 is 0 Å². The highest BCUT2D eigenvalue weighted by atomic mass is 35.5. The summed E-state index contributed by atoms with van der Waals surface area (Å²) in [6.07, 6.45) is 0. The lowest BCUT2D eigenvalue weighted by Crippen LogP contribution is -2.31. The van der Waals surface area contributed by atoms with E-state index in [1.54, 1.807) is 6.92 Å². The maximum Gasteiger partial charge on any atom is 0.325 e. The van der Waals surface area contributed by atoms with Crippen molar-refractivity contribution in [1.29, 1.82) is 0 Å². The van der Waals surface area contributed by atoms with Gasteiger partial charge in [-0.15, -0.1) is 0 Å². The van der Waals surface area contributed by atoms with Crippen LogP contribution in [0, 0.1) is 6.92 Å². The van der Waals surface area contributed by atoms with Crippen molar-refractivity contribution >= 4 is 23.5 Å². The summed E-state index contributed by atoms with van der Waals surface area (Å²) >= 11 is 5.98. The van der Waals surface area contributed by atoms with E-state index in [1.807, 2.05) is 6.92 Å². The molecule has 6 nitrogen and oxygen atoms in total. The second-order valence-electron chi connectivity index (χ2n) is 3.32. The Labute approximate surface area is 104 Å². The van der Waals surface area contributed by atoms with Crippen LogP contribution in [0.2, 0.25) is 5.02 Å². The van der Waals surface area contributed by atoms with Crippen molar-refractivity contribution in [2.75, 3.05) is 13.7 Å². The van der Waals surface area contributed by atoms with E-state index < -0.39 is 11.9 Å². The molecule has 7 heteroatoms. The van der Waals surface area contributed by atoms with E-state index in [9.17, 15) is 9.59 Å². The molecule has 0 radical (unpaired) electrons. The van der Waals surface area contributed by atoms with Crippen LogP contribution in [0.25, 0.3) is 0 Å². The number of hydrogen-bond acceptors (Lipinski definition) is 4. The summed E-state index contributed by atoms with van der Waals surface area (Å²) in [5.74, 6) is -0.961. The van der Waals surface area contributed by atoms with Crippen molar-refractivity contribution in [3.8, 4) is 0 Å². The maximum absolute atomic E-state index is 11.8. The quantitative estimate of drug-likeness (QED) is 0.811. The lowest BCUT2D eigenvalue weighted by atomic mass is 10.3. The fourth-order valence-corrected chi connectivity index (χ4v) is 1.53. The first kappa shape index (κ1) is 13.5. The molecule has 1 rings (SSSR count). The number of nitrogens with one attached hydrogen (secondary N) is 1. The zero-order chi connectivity index (χ0) is 13.0. The zero-order valence-corrected chi connectivity index (χ0v) is 10.7. The standard InChI is InChI=1S/C10H14ClN3O3/c1-4-14-9(8(11)6(2)13-14)10(16)12-5-7(15)17-3/h4-5H2,1-3H3,(H,12,16). The van der Waals surface area contributed by atoms with Crippen LogP contribution in [-0.2, 0) is 16.1 Å². The molecule has 94 valence electrons. The molecule has 0 bridgehead atoms. The van der Waals surface area contributed by atoms with E-state index in [1.165, 1.54) is 11.8 Å². The minimum Gasteiger partial charge on any atom is -0.468 e. The molecule has 0 saturated heterocycles. The smallest absolute Gasteiger partial charge is 0.325 e. The lowest BCUT2D eigenvalue weighted by molar-refractivity contribution is -0.139. The third-order valence-corrected chi connectivity index (χ3v) is 2.64. The maximum atomic E-state index is 11.8. The van der Waals surface area contributed by atoms with Gasteiger partial charge >= 0.3 is 5.97 Å². The molecular formula is C10H14ClN3O3. The van der Waals surface area contributed by atoms with Crippen LogP contribution < -0.4 is 5.32 Å². The van der Waals surface area contributed by atoms with Crippen molar-refractivity contribution < 1.29 is 14.3 Å². The molecule has 1 aromatic rings. The minimum atomic E-state index is -0.520. The fourth-order valence-electron chi connectivity index (χ4n) is 1.31. The normalized spacial score (nSPS) is 10.1. The summed E-state index contributed by atoms with van der Waals surface area (Å²) in [7, 11) is 1.25. The number of esters is 1. The molecule has 0 spiro atoms. The molecule has 0 fully saturated rings. The van der Waals surface area contributed by atoms with Crippen LogP contribution in [-0.4, -0.2) is 35.3 Å². The molecule has 1 N–H and O–H groups in total. The molecule has 0 aromatic carbocycles. The number of hydrogen-bond donors (Lipinski definition) is 1. The molecule has 1 aromatic heterocycles. The van der Waals surface area contributed by atoms with Crippen LogP contribution >= 0.6 is 11.6 Å². The van der Waals surface area contributed by atoms with Crippen LogP contribution in [0.1, 0.15) is 23.1 Å². The number of aryl methyl sites for hydroxylation is 2. The van der Waals surface area contributed by atoms with Gasteiger partial charge in [-0.05, 0) is 13.8 Å². The molecular weight excluding hydrogens is 246 g/mol. The van der Waals surface area contributed by atoms with Crippen molar-refractivity contribution in [3.63, 3.8) is 0 Å². The Morgan fingerprint density at radius 3 is 2.71 bits per heavy atom. The monoisotopic (exact) mass is 259 g/mol. The molecule has 1 heterocycles. The average molecular weight is 260 g/mol. The van der Waals surface area contributed by atoms with Crippen LogP contribution in [0.3, 0.4) is 0 Å². The van der Waals surface area contributed by atoms with Gasteiger partial charge in [-0.2, -0.15) is 5.10 Å². The van der Waals surface area contributed by atoms with Crippen molar-refractivity contribution in [2.24, 2.45) is 0 Å². The first-order chi connectivity index (χ1) is 8.01. The van der Waals surface area contributed by atoms with Gasteiger partial charge in [-0.1, -0.05) is 11.6 Å². The third kappa shape index (κ3) is 2.97. The number of nitrogens with zero attached hydrogens (tertiary/aromatic N) is 2. The Bertz CT molecular complexity index is 442. The van der Waals surface area contributed by atoms with Crippen LogP contribution in [0.15, 0.2) is 0 Å². The van der Waals surface area contributed by atoms with E-state index in [4.69, 9.17) is 11.6 Å². The van der Waals surface area contributed by atoms with Crippen molar-refractivity contribution in [2.45, 2.75) is 20.4 Å². The highest BCUT2D eigenvalue weighted by Gasteiger charge is 2.20. The summed E-state index contributed by atoms with van der Waals surface area (Å²) < 4.78 is 5.91. The predicted octanol–water partition coefficient (Wildman–Crippen LogP) is 0.768. The second-order valence-corrected chi connectivity index (χ2v) is 3.70. The van der Waals surface area contributed by atoms with E-state index in [-0.39, 0.29) is 12.2 Å². The van der Waals surface area contributed by atoms with Gasteiger partial charge in [0.2, 0.25) is 0 Å². The summed E-state index contributed by atoms with van der Waals surface area (Å²) in [6, 6.07) is 0. The van der Waals surface area contributed by atoms with Crippen molar-refractivity contribution in [3.05, 3.63) is 16.4 Å². The Morgan fingerprint density at radius 1 is 1.53 bits per heavy atom. The van der Waals surface area contributed by atoms with Gasteiger partial charge in [0.25, 0.3) is 5.91 Å². The number of ether oxygens (including phenoxy) is 1. The topological polar surface area (TPSA) is 73.2 Å². The first-order valence-electron chi connectivity index (χ1n) is 5.09. The molecule has 1 amide bonds. The highest BCUT2D eigenvalue weighted by Crippen LogP contribution is 2.19. The second kappa shape index (κ2) is 5.67. The Kier molecular flexibility index (Phi) is 4.51. The van der Waals surface area contributed by atoms with Gasteiger partial charge in [0.05, 0.1) is 17.8 Å². The number of methoxy groups -OCH3 is 1. The van der Waals surface area contributed by atoms with Gasteiger partial charge in [-0.25, -0.2) is 0 Å². The van der Waals surface area contributed by atoms with Gasteiger partial charge in [0, 0.05) is 6.54 Å². The van der Waals surface area contributed by atoms with Gasteiger partial charge in [0.15, 0.2) is 0 Å². The highest BCUT2D eigenvalue weighted by molar-refractivity contribution is 6.34. The van der Waals surface area contributed by atoms with E-state index in [0.717, 1.165) is 0 Å². The molecule has 0 aliphatic heterocycles. The van der Waals surface area contributed by atoms with E-state index in [2.05, 4.69) is 15.2 Å². The molecule has 0 saturated carbocycles. The third-order valence-electron chi connectivity index (χ3n) is 2.19. The summed E-state index contributed by atoms with van der Waals surface area (Å²) in [6.45, 7) is 3.89. The zero-order valence-electron chi connectivity index (χ0n) is 9.91. The van der Waals surface area contributed by atoms with Crippen LogP contribution in [0.4, 0.5) is 0 Å². The molecule has 0 aliphatic rings. The largest absolute Gasteiger partial charge is 0.468 e. The van der Waals surface area contributed by atoms with Crippen LogP contribution in [0.5, 0.6) is 0 Å². The number of amides is 1. The first-order valence-corrected chi connectivity index (χ1v) is 5.47. The number of carbonyl (C=O) groups is 2. The van der Waals surface area contributed by atoms with Gasteiger partial charge in [-0.3, -0.25) is 14.3 Å². The Hall–Kier alpha value is -1.56. The molecule has 0 aliphatic carbocycles. The number of aromatic nitrogens is 2. The molecule has 0 atom stereocenters. The average Bonchev–Trinajstić information content (AvgIpc) is 2.61. The Morgan fingerprint density at radius 2 is 2.18 bits per heavy atom. The van der Waals surface area contributed by atoms with Gasteiger partial charge in [0.1, 0.15) is 12.2 Å². The number of halogens is 1. The van der Waals surface area contributed by atoms with Gasteiger partial charge < -0.3 is 10.1 Å². The lowest BCUT2D eigenvalue weighted by Gasteiger charge is -2.06. The summed E-state index contributed by atoms with van der Waals surface area (Å²) in [4.78, 5) is 22.7. The Balaban J connectivity index is 2.85. The number of rotatable bonds is 4. The SMILES string of the molecule is CCn1nc(C)c(Cl)c1C(=O)NCC(=O)OC. The summed E-state index contributed by atoms with van der Waals surface area (Å²) in [5, 5.41) is 6.82. The fraction of sp³-hybridized carbons (Fsp3) is 0.500. The minimum absolute atomic E-state index is 0.195. The predicted molar refractivity (Wildman–Crippen MR) is 62.0 cm³/mol. The van der Waals surface area contributed by atoms with E-state index in [0.29, 0.717) is 17.3 Å².